The zero-order valence-electron chi connectivity index (χ0n) is 19.6. The van der Waals surface area contributed by atoms with Gasteiger partial charge in [0, 0.05) is 37.2 Å². The standard InChI is InChI=1S/C29H28ClN3O2/c30-25-10-4-3-8-22(25)19-33-28(34)24-9-5-11-26(27(24)29(33)35)32-16-14-31(15-17-32)23-13-12-20-6-1-2-7-21(20)18-23/h1-11,23H,12-19H2/t23-/m0/s1. The van der Waals surface area contributed by atoms with Gasteiger partial charge in [0.05, 0.1) is 23.4 Å². The molecule has 35 heavy (non-hydrogen) atoms. The highest BCUT2D eigenvalue weighted by Crippen LogP contribution is 2.34. The summed E-state index contributed by atoms with van der Waals surface area (Å²) in [5.41, 5.74) is 5.64. The maximum absolute atomic E-state index is 13.4. The summed E-state index contributed by atoms with van der Waals surface area (Å²) in [5.74, 6) is -0.474. The number of imide groups is 1. The second-order valence-corrected chi connectivity index (χ2v) is 10.1. The van der Waals surface area contributed by atoms with E-state index in [0.29, 0.717) is 22.2 Å². The predicted octanol–water partition coefficient (Wildman–Crippen LogP) is 4.82. The van der Waals surface area contributed by atoms with Crippen LogP contribution in [0.2, 0.25) is 5.02 Å². The molecule has 0 radical (unpaired) electrons. The summed E-state index contributed by atoms with van der Waals surface area (Å²) in [6.45, 7) is 3.80. The first-order valence-electron chi connectivity index (χ1n) is 12.4. The van der Waals surface area contributed by atoms with Gasteiger partial charge < -0.3 is 4.90 Å². The van der Waals surface area contributed by atoms with Crippen LogP contribution in [-0.2, 0) is 19.4 Å². The molecular weight excluding hydrogens is 458 g/mol. The number of rotatable bonds is 4. The molecule has 0 bridgehead atoms. The third-order valence-corrected chi connectivity index (χ3v) is 8.12. The molecule has 1 aliphatic carbocycles. The smallest absolute Gasteiger partial charge is 0.263 e. The number of hydrogen-bond donors (Lipinski definition) is 0. The second-order valence-electron chi connectivity index (χ2n) is 9.68. The molecule has 1 atom stereocenters. The first-order valence-corrected chi connectivity index (χ1v) is 12.8. The van der Waals surface area contributed by atoms with Gasteiger partial charge in [-0.05, 0) is 54.2 Å². The van der Waals surface area contributed by atoms with Crippen LogP contribution in [0.4, 0.5) is 5.69 Å². The van der Waals surface area contributed by atoms with Crippen molar-refractivity contribution in [3.05, 3.63) is 99.6 Å². The minimum Gasteiger partial charge on any atom is -0.368 e. The predicted molar refractivity (Wildman–Crippen MR) is 138 cm³/mol. The van der Waals surface area contributed by atoms with E-state index in [0.717, 1.165) is 50.3 Å². The Hall–Kier alpha value is -3.15. The zero-order valence-corrected chi connectivity index (χ0v) is 20.4. The van der Waals surface area contributed by atoms with E-state index < -0.39 is 0 Å². The SMILES string of the molecule is O=C1c2cccc(N3CCN([C@H]4CCc5ccccc5C4)CC3)c2C(=O)N1Cc1ccccc1Cl. The lowest BCUT2D eigenvalue weighted by molar-refractivity contribution is 0.0642. The van der Waals surface area contributed by atoms with Crippen molar-refractivity contribution in [2.45, 2.75) is 31.8 Å². The lowest BCUT2D eigenvalue weighted by Gasteiger charge is -2.42. The third kappa shape index (κ3) is 4.03. The summed E-state index contributed by atoms with van der Waals surface area (Å²) in [4.78, 5) is 32.8. The molecule has 178 valence electrons. The Morgan fingerprint density at radius 3 is 2.34 bits per heavy atom. The van der Waals surface area contributed by atoms with E-state index in [-0.39, 0.29) is 18.4 Å². The van der Waals surface area contributed by atoms with Crippen molar-refractivity contribution in [2.75, 3.05) is 31.1 Å². The largest absolute Gasteiger partial charge is 0.368 e. The van der Waals surface area contributed by atoms with Crippen molar-refractivity contribution in [1.82, 2.24) is 9.80 Å². The van der Waals surface area contributed by atoms with Crippen molar-refractivity contribution < 1.29 is 9.59 Å². The van der Waals surface area contributed by atoms with E-state index in [1.54, 1.807) is 12.1 Å². The Morgan fingerprint density at radius 1 is 0.800 bits per heavy atom. The molecule has 6 heteroatoms. The quantitative estimate of drug-likeness (QED) is 0.497. The van der Waals surface area contributed by atoms with Crippen LogP contribution >= 0.6 is 11.6 Å². The highest BCUT2D eigenvalue weighted by molar-refractivity contribution is 6.31. The number of benzene rings is 3. The molecule has 0 aromatic heterocycles. The van der Waals surface area contributed by atoms with Crippen molar-refractivity contribution in [2.24, 2.45) is 0 Å². The fourth-order valence-corrected chi connectivity index (χ4v) is 6.03. The molecule has 0 N–H and O–H groups in total. The van der Waals surface area contributed by atoms with Crippen LogP contribution in [0, 0.1) is 0 Å². The average molecular weight is 486 g/mol. The molecule has 2 aliphatic heterocycles. The maximum Gasteiger partial charge on any atom is 0.263 e. The lowest BCUT2D eigenvalue weighted by atomic mass is 9.87. The van der Waals surface area contributed by atoms with Crippen molar-refractivity contribution >= 4 is 29.1 Å². The third-order valence-electron chi connectivity index (χ3n) is 7.76. The van der Waals surface area contributed by atoms with E-state index in [4.69, 9.17) is 11.6 Å². The molecule has 5 nitrogen and oxygen atoms in total. The molecule has 0 unspecified atom stereocenters. The molecule has 3 aromatic rings. The van der Waals surface area contributed by atoms with Gasteiger partial charge >= 0.3 is 0 Å². The number of piperazine rings is 1. The molecule has 2 amide bonds. The van der Waals surface area contributed by atoms with Gasteiger partial charge in [0.25, 0.3) is 11.8 Å². The number of fused-ring (bicyclic) bond motifs is 2. The number of amides is 2. The number of carbonyl (C=O) groups excluding carboxylic acids is 2. The number of hydrogen-bond acceptors (Lipinski definition) is 4. The number of anilines is 1. The van der Waals surface area contributed by atoms with E-state index in [1.807, 2.05) is 30.3 Å². The van der Waals surface area contributed by atoms with Crippen LogP contribution < -0.4 is 4.90 Å². The second kappa shape index (κ2) is 9.14. The number of aryl methyl sites for hydroxylation is 1. The fraction of sp³-hybridized carbons (Fsp3) is 0.310. The van der Waals surface area contributed by atoms with Gasteiger partial charge in [-0.3, -0.25) is 19.4 Å². The van der Waals surface area contributed by atoms with E-state index in [9.17, 15) is 9.59 Å². The van der Waals surface area contributed by atoms with Gasteiger partial charge in [0.15, 0.2) is 0 Å². The number of nitrogens with zero attached hydrogens (tertiary/aromatic N) is 3. The van der Waals surface area contributed by atoms with Crippen LogP contribution in [0.1, 0.15) is 43.8 Å². The van der Waals surface area contributed by atoms with Gasteiger partial charge in [-0.25, -0.2) is 0 Å². The molecule has 6 rings (SSSR count). The number of halogens is 1. The van der Waals surface area contributed by atoms with Crippen LogP contribution in [0.25, 0.3) is 0 Å². The van der Waals surface area contributed by atoms with Crippen molar-refractivity contribution in [3.8, 4) is 0 Å². The maximum atomic E-state index is 13.4. The summed E-state index contributed by atoms with van der Waals surface area (Å²) in [6.07, 6.45) is 3.45. The average Bonchev–Trinajstić information content (AvgIpc) is 3.14. The minimum atomic E-state index is -0.244. The fourth-order valence-electron chi connectivity index (χ4n) is 5.84. The van der Waals surface area contributed by atoms with Crippen LogP contribution in [0.3, 0.4) is 0 Å². The molecule has 0 spiro atoms. The van der Waals surface area contributed by atoms with Crippen LogP contribution in [0.15, 0.2) is 66.7 Å². The Labute approximate surface area is 210 Å². The van der Waals surface area contributed by atoms with Crippen molar-refractivity contribution in [1.29, 1.82) is 0 Å². The molecule has 2 heterocycles. The highest BCUT2D eigenvalue weighted by Gasteiger charge is 2.39. The van der Waals surface area contributed by atoms with Crippen LogP contribution in [-0.4, -0.2) is 53.8 Å². The minimum absolute atomic E-state index is 0.183. The zero-order chi connectivity index (χ0) is 23.9. The van der Waals surface area contributed by atoms with Gasteiger partial charge in [0.1, 0.15) is 0 Å². The number of carbonyl (C=O) groups is 2. The van der Waals surface area contributed by atoms with E-state index in [1.165, 1.54) is 22.4 Å². The molecule has 3 aromatic carbocycles. The Kier molecular flexibility index (Phi) is 5.83. The van der Waals surface area contributed by atoms with Gasteiger partial charge in [-0.15, -0.1) is 0 Å². The van der Waals surface area contributed by atoms with Crippen molar-refractivity contribution in [3.63, 3.8) is 0 Å². The Morgan fingerprint density at radius 2 is 1.54 bits per heavy atom. The molecule has 1 saturated heterocycles. The highest BCUT2D eigenvalue weighted by atomic mass is 35.5. The van der Waals surface area contributed by atoms with E-state index >= 15 is 0 Å². The molecule has 1 fully saturated rings. The van der Waals surface area contributed by atoms with Gasteiger partial charge in [-0.1, -0.05) is 60.1 Å². The van der Waals surface area contributed by atoms with Gasteiger partial charge in [-0.2, -0.15) is 0 Å². The Balaban J connectivity index is 1.17. The lowest BCUT2D eigenvalue weighted by Crippen LogP contribution is -2.52. The first kappa shape index (κ1) is 22.3. The summed E-state index contributed by atoms with van der Waals surface area (Å²) in [6, 6.07) is 22.4. The normalized spacial score (nSPS) is 20.2. The molecule has 0 saturated carbocycles. The van der Waals surface area contributed by atoms with Gasteiger partial charge in [0.2, 0.25) is 0 Å². The Bertz CT molecular complexity index is 1300. The molecular formula is C29H28ClN3O2. The van der Waals surface area contributed by atoms with Crippen LogP contribution in [0.5, 0.6) is 0 Å². The summed E-state index contributed by atoms with van der Waals surface area (Å²) in [7, 11) is 0. The summed E-state index contributed by atoms with van der Waals surface area (Å²) in [5, 5.41) is 0.561. The summed E-state index contributed by atoms with van der Waals surface area (Å²) >= 11 is 6.31. The first-order chi connectivity index (χ1) is 17.1. The topological polar surface area (TPSA) is 43.9 Å². The van der Waals surface area contributed by atoms with E-state index in [2.05, 4.69) is 34.1 Å². The summed E-state index contributed by atoms with van der Waals surface area (Å²) < 4.78 is 0. The monoisotopic (exact) mass is 485 g/mol. The molecule has 3 aliphatic rings.